The highest BCUT2D eigenvalue weighted by Crippen LogP contribution is 2.24. The average molecular weight is 403 g/mol. The number of benzene rings is 2. The molecular weight excluding hydrogens is 382 g/mol. The summed E-state index contributed by atoms with van der Waals surface area (Å²) < 4.78 is 6.49. The molecule has 2 N–H and O–H groups in total. The highest BCUT2D eigenvalue weighted by atomic mass is 79.9. The Hall–Kier alpha value is -1.27. The van der Waals surface area contributed by atoms with Crippen LogP contribution in [0.5, 0.6) is 5.75 Å². The van der Waals surface area contributed by atoms with Crippen LogP contribution < -0.4 is 9.64 Å². The molecule has 4 nitrogen and oxygen atoms in total. The van der Waals surface area contributed by atoms with Crippen LogP contribution in [0.15, 0.2) is 59.1 Å². The monoisotopic (exact) mass is 401 g/mol. The molecule has 0 heterocycles. The van der Waals surface area contributed by atoms with E-state index in [1.165, 1.54) is 0 Å². The number of ether oxygens (including phenoxy) is 1. The first-order valence-electron chi connectivity index (χ1n) is 7.17. The van der Waals surface area contributed by atoms with Crippen LogP contribution in [0, 0.1) is 0 Å². The number of aliphatic hydroxyl groups excluding tert-OH is 2. The Balaban J connectivity index is 0.00000264. The minimum atomic E-state index is -0.654. The predicted molar refractivity (Wildman–Crippen MR) is 98.6 cm³/mol. The standard InChI is InChI=1S/C17H20BrNO3.ClH/c18-16-8-4-5-9-17(16)22-13-15(21)12-19(10-11-20)14-6-2-1-3-7-14;/h1-9,15,20-21H,10-13H2;1H. The predicted octanol–water partition coefficient (Wildman–Crippen LogP) is 3.11. The van der Waals surface area contributed by atoms with Crippen molar-refractivity contribution in [3.8, 4) is 5.75 Å². The van der Waals surface area contributed by atoms with Crippen molar-refractivity contribution in [1.82, 2.24) is 0 Å². The van der Waals surface area contributed by atoms with E-state index in [2.05, 4.69) is 15.9 Å². The van der Waals surface area contributed by atoms with Crippen molar-refractivity contribution >= 4 is 34.0 Å². The van der Waals surface area contributed by atoms with Gasteiger partial charge in [-0.3, -0.25) is 0 Å². The maximum absolute atomic E-state index is 10.2. The van der Waals surface area contributed by atoms with Gasteiger partial charge in [-0.15, -0.1) is 12.4 Å². The van der Waals surface area contributed by atoms with E-state index in [-0.39, 0.29) is 25.6 Å². The Morgan fingerprint density at radius 1 is 1.04 bits per heavy atom. The SMILES string of the molecule is Cl.OCCN(CC(O)COc1ccccc1Br)c1ccccc1. The van der Waals surface area contributed by atoms with Crippen LogP contribution in [0.2, 0.25) is 0 Å². The van der Waals surface area contributed by atoms with Crippen molar-refractivity contribution in [2.24, 2.45) is 0 Å². The zero-order chi connectivity index (χ0) is 15.8. The summed E-state index contributed by atoms with van der Waals surface area (Å²) in [5.74, 6) is 0.704. The van der Waals surface area contributed by atoms with E-state index >= 15 is 0 Å². The number of rotatable bonds is 8. The number of para-hydroxylation sites is 2. The molecular formula is C17H21BrClNO3. The lowest BCUT2D eigenvalue weighted by Gasteiger charge is -2.26. The van der Waals surface area contributed by atoms with Crippen LogP contribution in [0.25, 0.3) is 0 Å². The zero-order valence-corrected chi connectivity index (χ0v) is 15.0. The Bertz CT molecular complexity index is 571. The molecule has 0 saturated heterocycles. The topological polar surface area (TPSA) is 52.9 Å². The fourth-order valence-corrected chi connectivity index (χ4v) is 2.54. The van der Waals surface area contributed by atoms with Crippen molar-refractivity contribution in [3.05, 3.63) is 59.1 Å². The molecule has 0 spiro atoms. The molecule has 0 aliphatic rings. The number of halogens is 2. The molecule has 126 valence electrons. The smallest absolute Gasteiger partial charge is 0.133 e. The van der Waals surface area contributed by atoms with Gasteiger partial charge in [0.25, 0.3) is 0 Å². The fraction of sp³-hybridized carbons (Fsp3) is 0.294. The zero-order valence-electron chi connectivity index (χ0n) is 12.6. The van der Waals surface area contributed by atoms with Crippen molar-refractivity contribution in [3.63, 3.8) is 0 Å². The molecule has 2 aromatic carbocycles. The summed E-state index contributed by atoms with van der Waals surface area (Å²) >= 11 is 3.41. The molecule has 0 aliphatic heterocycles. The molecule has 0 saturated carbocycles. The van der Waals surface area contributed by atoms with Crippen molar-refractivity contribution in [2.75, 3.05) is 31.2 Å². The van der Waals surface area contributed by atoms with E-state index < -0.39 is 6.10 Å². The molecule has 2 aromatic rings. The minimum Gasteiger partial charge on any atom is -0.490 e. The van der Waals surface area contributed by atoms with Crippen LogP contribution >= 0.6 is 28.3 Å². The van der Waals surface area contributed by atoms with Crippen molar-refractivity contribution < 1.29 is 14.9 Å². The molecule has 1 unspecified atom stereocenters. The van der Waals surface area contributed by atoms with E-state index in [0.29, 0.717) is 18.8 Å². The Kier molecular flexibility index (Phi) is 9.02. The first kappa shape index (κ1) is 19.8. The van der Waals surface area contributed by atoms with E-state index in [1.807, 2.05) is 59.5 Å². The molecule has 0 fully saturated rings. The molecule has 0 aromatic heterocycles. The minimum absolute atomic E-state index is 0. The summed E-state index contributed by atoms with van der Waals surface area (Å²) in [6.45, 7) is 1.09. The number of hydrogen-bond donors (Lipinski definition) is 2. The molecule has 6 heteroatoms. The first-order valence-corrected chi connectivity index (χ1v) is 7.96. The third-order valence-corrected chi connectivity index (χ3v) is 3.85. The van der Waals surface area contributed by atoms with Crippen LogP contribution in [0.1, 0.15) is 0 Å². The van der Waals surface area contributed by atoms with Crippen LogP contribution in [-0.2, 0) is 0 Å². The quantitative estimate of drug-likeness (QED) is 0.712. The summed E-state index contributed by atoms with van der Waals surface area (Å²) in [6, 6.07) is 17.2. The number of hydrogen-bond acceptors (Lipinski definition) is 4. The number of nitrogens with zero attached hydrogens (tertiary/aromatic N) is 1. The van der Waals surface area contributed by atoms with Crippen molar-refractivity contribution in [2.45, 2.75) is 6.10 Å². The summed E-state index contributed by atoms with van der Waals surface area (Å²) in [5.41, 5.74) is 0.969. The maximum Gasteiger partial charge on any atom is 0.133 e. The number of aliphatic hydroxyl groups is 2. The van der Waals surface area contributed by atoms with Gasteiger partial charge < -0.3 is 19.8 Å². The van der Waals surface area contributed by atoms with E-state index in [4.69, 9.17) is 4.74 Å². The second-order valence-electron chi connectivity index (χ2n) is 4.90. The van der Waals surface area contributed by atoms with Gasteiger partial charge in [-0.2, -0.15) is 0 Å². The Labute approximate surface area is 151 Å². The summed E-state index contributed by atoms with van der Waals surface area (Å²) in [4.78, 5) is 1.94. The van der Waals surface area contributed by atoms with E-state index in [0.717, 1.165) is 10.2 Å². The van der Waals surface area contributed by atoms with Gasteiger partial charge in [0.15, 0.2) is 0 Å². The van der Waals surface area contributed by atoms with E-state index in [9.17, 15) is 10.2 Å². The molecule has 0 bridgehead atoms. The maximum atomic E-state index is 10.2. The van der Waals surface area contributed by atoms with Gasteiger partial charge in [-0.05, 0) is 40.2 Å². The molecule has 0 radical (unpaired) electrons. The highest BCUT2D eigenvalue weighted by Gasteiger charge is 2.13. The Morgan fingerprint density at radius 3 is 2.35 bits per heavy atom. The van der Waals surface area contributed by atoms with Gasteiger partial charge in [0.1, 0.15) is 18.5 Å². The van der Waals surface area contributed by atoms with Gasteiger partial charge in [0.05, 0.1) is 11.1 Å². The van der Waals surface area contributed by atoms with E-state index in [1.54, 1.807) is 0 Å². The van der Waals surface area contributed by atoms with Gasteiger partial charge in [-0.25, -0.2) is 0 Å². The summed E-state index contributed by atoms with van der Waals surface area (Å²) in [7, 11) is 0. The average Bonchev–Trinajstić information content (AvgIpc) is 2.54. The number of anilines is 1. The van der Waals surface area contributed by atoms with Gasteiger partial charge >= 0.3 is 0 Å². The normalized spacial score (nSPS) is 11.4. The first-order chi connectivity index (χ1) is 10.7. The van der Waals surface area contributed by atoms with Gasteiger partial charge in [0, 0.05) is 18.8 Å². The van der Waals surface area contributed by atoms with Crippen molar-refractivity contribution in [1.29, 1.82) is 0 Å². The second kappa shape index (κ2) is 10.5. The molecule has 1 atom stereocenters. The molecule has 0 amide bonds. The third-order valence-electron chi connectivity index (χ3n) is 3.19. The van der Waals surface area contributed by atoms with Gasteiger partial charge in [-0.1, -0.05) is 30.3 Å². The highest BCUT2D eigenvalue weighted by molar-refractivity contribution is 9.10. The van der Waals surface area contributed by atoms with Gasteiger partial charge in [0.2, 0.25) is 0 Å². The fourth-order valence-electron chi connectivity index (χ4n) is 2.14. The van der Waals surface area contributed by atoms with Crippen LogP contribution in [0.4, 0.5) is 5.69 Å². The molecule has 23 heavy (non-hydrogen) atoms. The summed E-state index contributed by atoms with van der Waals surface area (Å²) in [6.07, 6.45) is -0.654. The second-order valence-corrected chi connectivity index (χ2v) is 5.75. The summed E-state index contributed by atoms with van der Waals surface area (Å²) in [5, 5.41) is 19.4. The lowest BCUT2D eigenvalue weighted by molar-refractivity contribution is 0.111. The largest absolute Gasteiger partial charge is 0.490 e. The molecule has 0 aliphatic carbocycles. The third kappa shape index (κ3) is 6.39. The molecule has 2 rings (SSSR count). The lowest BCUT2D eigenvalue weighted by atomic mass is 10.2. The van der Waals surface area contributed by atoms with Crippen LogP contribution in [-0.4, -0.2) is 42.6 Å². The lowest BCUT2D eigenvalue weighted by Crippen LogP contribution is -2.37. The van der Waals surface area contributed by atoms with Crippen LogP contribution in [0.3, 0.4) is 0 Å². The Morgan fingerprint density at radius 2 is 1.70 bits per heavy atom.